The Labute approximate surface area is 70.0 Å². The molecule has 0 fully saturated rings. The van der Waals surface area contributed by atoms with E-state index in [0.717, 1.165) is 11.3 Å². The van der Waals surface area contributed by atoms with Gasteiger partial charge >= 0.3 is 0 Å². The van der Waals surface area contributed by atoms with Crippen molar-refractivity contribution in [2.75, 3.05) is 7.11 Å². The fourth-order valence-electron chi connectivity index (χ4n) is 1.07. The maximum Gasteiger partial charge on any atom is 0.192 e. The number of aryl methyl sites for hydroxylation is 1. The van der Waals surface area contributed by atoms with Gasteiger partial charge in [-0.15, -0.1) is 0 Å². The Bertz CT molecular complexity index is 406. The number of ether oxygens (including phenoxy) is 1. The van der Waals surface area contributed by atoms with E-state index in [-0.39, 0.29) is 0 Å². The summed E-state index contributed by atoms with van der Waals surface area (Å²) in [6, 6.07) is 6.50. The van der Waals surface area contributed by atoms with Gasteiger partial charge in [0, 0.05) is 19.1 Å². The second-order valence-electron chi connectivity index (χ2n) is 2.49. The molecule has 0 atom stereocenters. The highest BCUT2D eigenvalue weighted by Crippen LogP contribution is 2.20. The Kier molecular flexibility index (Phi) is 1.50. The number of nitrogens with zero attached hydrogens (tertiary/aromatic N) is 1. The highest BCUT2D eigenvalue weighted by Gasteiger charge is 2.02. The van der Waals surface area contributed by atoms with Crippen LogP contribution in [0.1, 0.15) is 5.89 Å². The fourth-order valence-corrected chi connectivity index (χ4v) is 1.07. The number of fused-ring (bicyclic) bond motifs is 1. The lowest BCUT2D eigenvalue weighted by Crippen LogP contribution is -1.80. The van der Waals surface area contributed by atoms with E-state index in [1.54, 1.807) is 26.2 Å². The second kappa shape index (κ2) is 2.52. The lowest BCUT2D eigenvalue weighted by Gasteiger charge is -1.95. The average Bonchev–Trinajstić information content (AvgIpc) is 2.43. The predicted octanol–water partition coefficient (Wildman–Crippen LogP) is 1.95. The molecular weight excluding hydrogens is 154 g/mol. The molecule has 1 heterocycles. The summed E-state index contributed by atoms with van der Waals surface area (Å²) in [5.41, 5.74) is 1.46. The standard InChI is InChI=1S/C9H8NO2/c1-6-10-8-4-3-7(11-2)5-9(8)12-6/h3,5H,1-2H3. The van der Waals surface area contributed by atoms with Crippen LogP contribution in [0.5, 0.6) is 5.75 Å². The van der Waals surface area contributed by atoms with Crippen molar-refractivity contribution >= 4 is 11.1 Å². The van der Waals surface area contributed by atoms with Crippen molar-refractivity contribution in [2.24, 2.45) is 0 Å². The van der Waals surface area contributed by atoms with Crippen LogP contribution in [0.25, 0.3) is 11.1 Å². The number of benzene rings is 1. The monoisotopic (exact) mass is 162 g/mol. The van der Waals surface area contributed by atoms with Crippen LogP contribution < -0.4 is 4.74 Å². The highest BCUT2D eigenvalue weighted by molar-refractivity contribution is 5.73. The molecule has 0 bridgehead atoms. The van der Waals surface area contributed by atoms with Gasteiger partial charge in [0.05, 0.1) is 7.11 Å². The van der Waals surface area contributed by atoms with E-state index >= 15 is 0 Å². The predicted molar refractivity (Wildman–Crippen MR) is 44.1 cm³/mol. The number of hydrogen-bond donors (Lipinski definition) is 0. The molecule has 3 nitrogen and oxygen atoms in total. The number of rotatable bonds is 1. The summed E-state index contributed by atoms with van der Waals surface area (Å²) in [4.78, 5) is 4.11. The highest BCUT2D eigenvalue weighted by atomic mass is 16.5. The van der Waals surface area contributed by atoms with Gasteiger partial charge in [-0.05, 0) is 6.07 Å². The molecule has 1 aromatic carbocycles. The van der Waals surface area contributed by atoms with Gasteiger partial charge in [0.1, 0.15) is 11.3 Å². The third kappa shape index (κ3) is 1.03. The summed E-state index contributed by atoms with van der Waals surface area (Å²) in [6.45, 7) is 1.81. The first-order valence-corrected chi connectivity index (χ1v) is 3.62. The molecule has 0 amide bonds. The van der Waals surface area contributed by atoms with Crippen LogP contribution in [0, 0.1) is 13.0 Å². The molecule has 0 saturated carbocycles. The molecule has 0 aliphatic rings. The maximum absolute atomic E-state index is 5.29. The number of methoxy groups -OCH3 is 1. The smallest absolute Gasteiger partial charge is 0.192 e. The molecule has 0 spiro atoms. The molecule has 2 rings (SSSR count). The molecular formula is C9H8NO2. The molecule has 0 aliphatic carbocycles. The van der Waals surface area contributed by atoms with Crippen molar-refractivity contribution in [2.45, 2.75) is 6.92 Å². The zero-order chi connectivity index (χ0) is 8.55. The molecule has 1 aromatic heterocycles. The van der Waals surface area contributed by atoms with E-state index in [4.69, 9.17) is 9.15 Å². The Morgan fingerprint density at radius 1 is 1.58 bits per heavy atom. The number of aromatic nitrogens is 1. The largest absolute Gasteiger partial charge is 0.497 e. The quantitative estimate of drug-likeness (QED) is 0.642. The van der Waals surface area contributed by atoms with Gasteiger partial charge in [-0.25, -0.2) is 4.98 Å². The summed E-state index contributed by atoms with van der Waals surface area (Å²) in [5, 5.41) is 0. The minimum atomic E-state index is 0.648. The molecule has 0 saturated heterocycles. The topological polar surface area (TPSA) is 35.3 Å². The SMILES string of the molecule is COc1c[c]c2nc(C)oc2c1. The van der Waals surface area contributed by atoms with Gasteiger partial charge in [-0.1, -0.05) is 0 Å². The third-order valence-corrected chi connectivity index (χ3v) is 1.62. The first-order valence-electron chi connectivity index (χ1n) is 3.62. The normalized spacial score (nSPS) is 10.5. The molecule has 3 heteroatoms. The van der Waals surface area contributed by atoms with Crippen molar-refractivity contribution in [1.82, 2.24) is 4.98 Å². The molecule has 0 aliphatic heterocycles. The second-order valence-corrected chi connectivity index (χ2v) is 2.49. The van der Waals surface area contributed by atoms with Crippen LogP contribution in [0.15, 0.2) is 16.5 Å². The van der Waals surface area contributed by atoms with Gasteiger partial charge in [0.15, 0.2) is 11.5 Å². The molecule has 12 heavy (non-hydrogen) atoms. The van der Waals surface area contributed by atoms with Gasteiger partial charge < -0.3 is 9.15 Å². The van der Waals surface area contributed by atoms with Crippen LogP contribution in [0.4, 0.5) is 0 Å². The van der Waals surface area contributed by atoms with Crippen molar-refractivity contribution in [3.05, 3.63) is 24.1 Å². The van der Waals surface area contributed by atoms with E-state index in [9.17, 15) is 0 Å². The van der Waals surface area contributed by atoms with Crippen LogP contribution in [0.3, 0.4) is 0 Å². The summed E-state index contributed by atoms with van der Waals surface area (Å²) < 4.78 is 10.3. The third-order valence-electron chi connectivity index (χ3n) is 1.62. The van der Waals surface area contributed by atoms with Crippen molar-refractivity contribution in [3.8, 4) is 5.75 Å². The van der Waals surface area contributed by atoms with Crippen molar-refractivity contribution in [3.63, 3.8) is 0 Å². The summed E-state index contributed by atoms with van der Waals surface area (Å²) >= 11 is 0. The first-order chi connectivity index (χ1) is 5.79. The van der Waals surface area contributed by atoms with Crippen molar-refractivity contribution in [1.29, 1.82) is 0 Å². The molecule has 61 valence electrons. The average molecular weight is 162 g/mol. The zero-order valence-corrected chi connectivity index (χ0v) is 6.92. The summed E-state index contributed by atoms with van der Waals surface area (Å²) in [7, 11) is 1.61. The lowest BCUT2D eigenvalue weighted by molar-refractivity contribution is 0.414. The van der Waals surface area contributed by atoms with Crippen LogP contribution in [-0.4, -0.2) is 12.1 Å². The van der Waals surface area contributed by atoms with Crippen LogP contribution >= 0.6 is 0 Å². The van der Waals surface area contributed by atoms with Crippen LogP contribution in [0.2, 0.25) is 0 Å². The molecule has 0 unspecified atom stereocenters. The zero-order valence-electron chi connectivity index (χ0n) is 6.92. The molecule has 0 N–H and O–H groups in total. The summed E-state index contributed by atoms with van der Waals surface area (Å²) in [5.74, 6) is 1.38. The van der Waals surface area contributed by atoms with E-state index in [0.29, 0.717) is 11.5 Å². The van der Waals surface area contributed by atoms with E-state index < -0.39 is 0 Å². The lowest BCUT2D eigenvalue weighted by atomic mass is 10.3. The summed E-state index contributed by atoms with van der Waals surface area (Å²) in [6.07, 6.45) is 0. The Morgan fingerprint density at radius 3 is 3.17 bits per heavy atom. The van der Waals surface area contributed by atoms with E-state index in [1.807, 2.05) is 0 Å². The first kappa shape index (κ1) is 7.16. The molecule has 1 radical (unpaired) electrons. The Hall–Kier alpha value is -1.51. The van der Waals surface area contributed by atoms with E-state index in [1.165, 1.54) is 0 Å². The van der Waals surface area contributed by atoms with Crippen molar-refractivity contribution < 1.29 is 9.15 Å². The molecule has 2 aromatic rings. The minimum absolute atomic E-state index is 0.648. The maximum atomic E-state index is 5.29. The fraction of sp³-hybridized carbons (Fsp3) is 0.222. The number of hydrogen-bond acceptors (Lipinski definition) is 3. The Morgan fingerprint density at radius 2 is 2.42 bits per heavy atom. The van der Waals surface area contributed by atoms with Crippen LogP contribution in [-0.2, 0) is 0 Å². The van der Waals surface area contributed by atoms with Gasteiger partial charge in [0.25, 0.3) is 0 Å². The van der Waals surface area contributed by atoms with Gasteiger partial charge in [-0.2, -0.15) is 0 Å². The Balaban J connectivity index is 2.66. The van der Waals surface area contributed by atoms with Gasteiger partial charge in [0.2, 0.25) is 0 Å². The van der Waals surface area contributed by atoms with Gasteiger partial charge in [-0.3, -0.25) is 0 Å². The minimum Gasteiger partial charge on any atom is -0.497 e. The van der Waals surface area contributed by atoms with E-state index in [2.05, 4.69) is 11.1 Å². The number of oxazole rings is 1.